The van der Waals surface area contributed by atoms with Crippen molar-refractivity contribution < 1.29 is 67.0 Å². The van der Waals surface area contributed by atoms with Crippen LogP contribution in [0.4, 0.5) is 34.7 Å². The summed E-state index contributed by atoms with van der Waals surface area (Å²) in [5.74, 6) is 2.94. The van der Waals surface area contributed by atoms with Crippen molar-refractivity contribution in [2.75, 3.05) is 44.3 Å². The summed E-state index contributed by atoms with van der Waals surface area (Å²) in [6.45, 7) is 3.61. The summed E-state index contributed by atoms with van der Waals surface area (Å²) in [6, 6.07) is 9.39. The van der Waals surface area contributed by atoms with E-state index in [9.17, 15) is 52.8 Å². The molecule has 0 bridgehead atoms. The molecule has 0 aliphatic carbocycles. The highest BCUT2D eigenvalue weighted by molar-refractivity contribution is 7.93. The van der Waals surface area contributed by atoms with Crippen LogP contribution in [0, 0.1) is 19.3 Å². The van der Waals surface area contributed by atoms with Crippen molar-refractivity contribution in [3.63, 3.8) is 0 Å². The molecule has 78 heavy (non-hydrogen) atoms. The van der Waals surface area contributed by atoms with Gasteiger partial charge in [-0.05, 0) is 56.0 Å². The number of terminal acetylenes is 1. The molecule has 4 aromatic heterocycles. The number of aryl methyl sites for hydroxylation is 3. The van der Waals surface area contributed by atoms with E-state index in [1.807, 2.05) is 0 Å². The van der Waals surface area contributed by atoms with Crippen LogP contribution in [0.2, 0.25) is 10.0 Å². The average molecular weight is 1190 g/mol. The number of benzene rings is 2. The zero-order chi connectivity index (χ0) is 57.6. The van der Waals surface area contributed by atoms with E-state index in [1.165, 1.54) is 76.3 Å². The molecule has 5 heterocycles. The maximum atomic E-state index is 12.5. The van der Waals surface area contributed by atoms with Crippen LogP contribution in [-0.2, 0) is 49.3 Å². The number of aromatic nitrogens is 9. The van der Waals surface area contributed by atoms with Crippen LogP contribution in [-0.4, -0.2) is 121 Å². The molecule has 0 radical (unpaired) electrons. The first kappa shape index (κ1) is 61.0. The molecular weight excluding hydrogens is 1140 g/mol. The summed E-state index contributed by atoms with van der Waals surface area (Å²) in [5, 5.41) is 8.45. The fraction of sp³-hybridized carbons (Fsp3) is 0.318. The van der Waals surface area contributed by atoms with Gasteiger partial charge < -0.3 is 18.9 Å². The molecule has 1 aliphatic rings. The Morgan fingerprint density at radius 3 is 2.04 bits per heavy atom. The number of carbonyl (C=O) groups excluding carboxylic acids is 2. The van der Waals surface area contributed by atoms with Crippen LogP contribution in [0.3, 0.4) is 0 Å². The van der Waals surface area contributed by atoms with Crippen molar-refractivity contribution in [1.29, 1.82) is 0 Å². The molecule has 1 aliphatic heterocycles. The van der Waals surface area contributed by atoms with Crippen molar-refractivity contribution in [3.8, 4) is 41.6 Å². The number of ether oxygens (including phenoxy) is 4. The maximum Gasteiger partial charge on any atom is 0.389 e. The van der Waals surface area contributed by atoms with Crippen molar-refractivity contribution in [1.82, 2.24) is 53.7 Å². The number of alkyl halides is 3. The molecule has 0 fully saturated rings. The second-order valence-corrected chi connectivity index (χ2v) is 21.8. The standard InChI is InChI=1S/C15H13Cl2N3O2.C15H16F3N5O4S.C14H17N5O7S2/c1-2-7-22-13-9-12(10(16)8-11(13)17)20-15(21)19-6-4-3-5-14(19)18-20;1-9-19-12(22-14(20-9)27-2)21-13(24)23-28(25,26)11-6-4-3-5-10(11)7-8-15(16,17)18;1-4-27(21,22)9-6-5-7-15-12(9)28(23,24)19-14(20)18-13-16-10(25-2)8-11(17-13)26-3/h1,8-9H,3-7H2;3-6H,7-8H2,1-2H3,(H2,19,20,21,22,23,24);5-8H,4H2,1-3H3,(H2,16,17,18,19,20). The fourth-order valence-electron chi connectivity index (χ4n) is 6.56. The smallest absolute Gasteiger partial charge is 0.389 e. The SMILES string of the molecule is C#CCOc1cc(-n2nc3n(c2=O)CCCC3)c(Cl)cc1Cl.CCS(=O)(=O)c1cccnc1S(=O)(=O)NC(=O)Nc1nc(OC)cc(OC)n1.COc1nc(C)nc(NC(=O)NS(=O)(=O)c2ccccc2CCC(F)(F)F)n1. The highest BCUT2D eigenvalue weighted by atomic mass is 35.5. The average Bonchev–Trinajstić information content (AvgIpc) is 3.80. The molecule has 0 saturated heterocycles. The lowest BCUT2D eigenvalue weighted by Gasteiger charge is -2.13. The lowest BCUT2D eigenvalue weighted by molar-refractivity contribution is -0.134. The van der Waals surface area contributed by atoms with E-state index in [2.05, 4.69) is 51.6 Å². The molecule has 4 N–H and O–H groups in total. The van der Waals surface area contributed by atoms with Gasteiger partial charge in [0.05, 0.1) is 53.8 Å². The highest BCUT2D eigenvalue weighted by Crippen LogP contribution is 2.33. The van der Waals surface area contributed by atoms with Gasteiger partial charge in [0.15, 0.2) is 14.9 Å². The second kappa shape index (κ2) is 26.5. The Morgan fingerprint density at radius 1 is 0.808 bits per heavy atom. The van der Waals surface area contributed by atoms with E-state index in [4.69, 9.17) is 48.6 Å². The number of sulfonamides is 2. The number of urea groups is 2. The Kier molecular flexibility index (Phi) is 20.7. The molecule has 418 valence electrons. The Morgan fingerprint density at radius 2 is 1.44 bits per heavy atom. The van der Waals surface area contributed by atoms with E-state index in [0.717, 1.165) is 43.4 Å². The number of hydrogen-bond donors (Lipinski definition) is 4. The number of sulfone groups is 1. The quantitative estimate of drug-likeness (QED) is 0.0918. The molecule has 0 unspecified atom stereocenters. The molecule has 7 rings (SSSR count). The first-order chi connectivity index (χ1) is 36.7. The summed E-state index contributed by atoms with van der Waals surface area (Å²) in [6.07, 6.45) is 2.87. The zero-order valence-corrected chi connectivity index (χ0v) is 45.4. The first-order valence-corrected chi connectivity index (χ1v) is 27.6. The third-order valence-corrected chi connectivity index (χ3v) is 15.3. The molecule has 0 spiro atoms. The topological polar surface area (TPSA) is 339 Å². The second-order valence-electron chi connectivity index (χ2n) is 15.5. The Balaban J connectivity index is 0.000000217. The van der Waals surface area contributed by atoms with Gasteiger partial charge in [-0.1, -0.05) is 54.2 Å². The number of anilines is 2. The van der Waals surface area contributed by atoms with Gasteiger partial charge in [-0.2, -0.15) is 51.2 Å². The van der Waals surface area contributed by atoms with Gasteiger partial charge in [-0.25, -0.2) is 45.6 Å². The first-order valence-electron chi connectivity index (χ1n) is 22.2. The lowest BCUT2D eigenvalue weighted by atomic mass is 10.1. The van der Waals surface area contributed by atoms with Crippen molar-refractivity contribution in [2.45, 2.75) is 73.5 Å². The fourth-order valence-corrected chi connectivity index (χ4v) is 10.8. The van der Waals surface area contributed by atoms with Crippen LogP contribution >= 0.6 is 23.2 Å². The number of nitrogens with one attached hydrogen (secondary N) is 4. The number of carbonyl (C=O) groups is 2. The Hall–Kier alpha value is -7.86. The molecule has 6 aromatic rings. The van der Waals surface area contributed by atoms with Gasteiger partial charge in [-0.15, -0.1) is 11.5 Å². The van der Waals surface area contributed by atoms with E-state index in [-0.39, 0.29) is 59.1 Å². The van der Waals surface area contributed by atoms with Crippen LogP contribution < -0.4 is 44.7 Å². The molecule has 34 heteroatoms. The minimum Gasteiger partial charge on any atom is -0.481 e. The number of hydrogen-bond acceptors (Lipinski definition) is 20. The van der Waals surface area contributed by atoms with Crippen LogP contribution in [0.15, 0.2) is 80.4 Å². The van der Waals surface area contributed by atoms with Crippen LogP contribution in [0.25, 0.3) is 5.69 Å². The minimum atomic E-state index is -4.61. The van der Waals surface area contributed by atoms with Crippen molar-refractivity contribution in [2.24, 2.45) is 0 Å². The van der Waals surface area contributed by atoms with Crippen molar-refractivity contribution >= 4 is 77.0 Å². The third-order valence-electron chi connectivity index (χ3n) is 10.1. The lowest BCUT2D eigenvalue weighted by Crippen LogP contribution is -2.36. The molecule has 0 saturated carbocycles. The number of methoxy groups -OCH3 is 3. The zero-order valence-electron chi connectivity index (χ0n) is 41.5. The van der Waals surface area contributed by atoms with Gasteiger partial charge in [0.1, 0.15) is 28.9 Å². The number of halogens is 5. The maximum absolute atomic E-state index is 12.5. The summed E-state index contributed by atoms with van der Waals surface area (Å²) in [5.41, 5.74) is 0.157. The minimum absolute atomic E-state index is 0.0612. The molecule has 26 nitrogen and oxygen atoms in total. The molecule has 0 atom stereocenters. The van der Waals surface area contributed by atoms with E-state index in [0.29, 0.717) is 28.0 Å². The Bertz CT molecular complexity index is 3600. The normalized spacial score (nSPS) is 12.2. The van der Waals surface area contributed by atoms with Gasteiger partial charge in [0, 0.05) is 31.6 Å². The monoisotopic (exact) mass is 1190 g/mol. The summed E-state index contributed by atoms with van der Waals surface area (Å²) in [7, 11) is -8.99. The van der Waals surface area contributed by atoms with E-state index < -0.39 is 75.8 Å². The summed E-state index contributed by atoms with van der Waals surface area (Å²) >= 11 is 12.3. The predicted molar refractivity (Wildman–Crippen MR) is 273 cm³/mol. The van der Waals surface area contributed by atoms with E-state index in [1.54, 1.807) is 20.1 Å². The molecule has 2 aromatic carbocycles. The molecule has 4 amide bonds. The summed E-state index contributed by atoms with van der Waals surface area (Å²) < 4.78 is 138. The van der Waals surface area contributed by atoms with Gasteiger partial charge in [-0.3, -0.25) is 15.2 Å². The summed E-state index contributed by atoms with van der Waals surface area (Å²) in [4.78, 5) is 58.2. The van der Waals surface area contributed by atoms with Crippen molar-refractivity contribution in [3.05, 3.63) is 98.5 Å². The third kappa shape index (κ3) is 16.6. The van der Waals surface area contributed by atoms with Gasteiger partial charge >= 0.3 is 29.9 Å². The van der Waals surface area contributed by atoms with Gasteiger partial charge in [0.25, 0.3) is 20.0 Å². The predicted octanol–water partition coefficient (Wildman–Crippen LogP) is 5.08. The largest absolute Gasteiger partial charge is 0.481 e. The number of amides is 4. The molecular formula is C44H46Cl2F3N13O13S3. The number of nitrogens with zero attached hydrogens (tertiary/aromatic N) is 9. The highest BCUT2D eigenvalue weighted by Gasteiger charge is 2.31. The van der Waals surface area contributed by atoms with Crippen LogP contribution in [0.5, 0.6) is 23.5 Å². The van der Waals surface area contributed by atoms with Crippen LogP contribution in [0.1, 0.15) is 43.4 Å². The number of fused-ring (bicyclic) bond motifs is 1. The number of rotatable bonds is 16. The van der Waals surface area contributed by atoms with Gasteiger partial charge in [0.2, 0.25) is 23.7 Å². The van der Waals surface area contributed by atoms with E-state index >= 15 is 0 Å². The number of pyridine rings is 1. The Labute approximate surface area is 453 Å².